The van der Waals surface area contributed by atoms with Crippen molar-refractivity contribution in [1.29, 1.82) is 0 Å². The van der Waals surface area contributed by atoms with Crippen LogP contribution in [0.15, 0.2) is 0 Å². The Morgan fingerprint density at radius 1 is 0.304 bits per heavy atom. The molecule has 0 radical (unpaired) electrons. The van der Waals surface area contributed by atoms with E-state index >= 15 is 0 Å². The maximum absolute atomic E-state index is 13.5. The van der Waals surface area contributed by atoms with E-state index in [9.17, 15) is 177 Å². The largest absolute Gasteiger partial charge is 0.477 e. The molecule has 0 aromatic heterocycles. The van der Waals surface area contributed by atoms with Gasteiger partial charge in [-0.3, -0.25) is 28.8 Å². The number of aliphatic hydroxyl groups excluding tert-OH is 27. The highest BCUT2D eigenvalue weighted by Crippen LogP contribution is 2.42. The number of hydrogen-bond acceptors (Lipinski definition) is 53. The number of carboxylic acid groups (broad SMARTS) is 1. The molecular weight excluding hydrogens is 1850 g/mol. The van der Waals surface area contributed by atoms with Gasteiger partial charge in [-0.1, -0.05) is 0 Å². The van der Waals surface area contributed by atoms with Gasteiger partial charge >= 0.3 is 5.97 Å². The van der Waals surface area contributed by atoms with Gasteiger partial charge in [0.15, 0.2) is 56.6 Å². The summed E-state index contributed by atoms with van der Waals surface area (Å²) in [6.07, 6.45) is -98.9. The highest BCUT2D eigenvalue weighted by atomic mass is 16.8. The van der Waals surface area contributed by atoms with Crippen LogP contribution >= 0.6 is 0 Å². The number of carbonyl (C=O) groups is 7. The second kappa shape index (κ2) is 48.5. The second-order valence-electron chi connectivity index (χ2n) is 33.9. The zero-order chi connectivity index (χ0) is 99.9. The van der Waals surface area contributed by atoms with Gasteiger partial charge in [0.05, 0.1) is 78.2 Å². The molecular formula is C75H124N6O54. The molecule has 10 aliphatic heterocycles. The summed E-state index contributed by atoms with van der Waals surface area (Å²) in [4.78, 5) is 89.7. The predicted octanol–water partition coefficient (Wildman–Crippen LogP) is -22.7. The molecule has 0 aromatic rings. The molecule has 135 heavy (non-hydrogen) atoms. The number of aliphatic carboxylic acids is 1. The van der Waals surface area contributed by atoms with Gasteiger partial charge in [0.1, 0.15) is 238 Å². The van der Waals surface area contributed by atoms with Crippen LogP contribution in [-0.2, 0) is 124 Å². The smallest absolute Gasteiger partial charge is 0.364 e. The lowest BCUT2D eigenvalue weighted by Gasteiger charge is -2.52. The molecule has 60 nitrogen and oxygen atoms in total. The van der Waals surface area contributed by atoms with E-state index in [0.29, 0.717) is 0 Å². The van der Waals surface area contributed by atoms with Crippen molar-refractivity contribution in [1.82, 2.24) is 31.9 Å². The van der Waals surface area contributed by atoms with Crippen LogP contribution in [0.5, 0.6) is 0 Å². The maximum Gasteiger partial charge on any atom is 0.364 e. The quantitative estimate of drug-likeness (QED) is 0.0275. The summed E-state index contributed by atoms with van der Waals surface area (Å²) >= 11 is 0. The zero-order valence-electron chi connectivity index (χ0n) is 72.8. The molecule has 34 N–H and O–H groups in total. The number of aliphatic hydroxyl groups is 27. The van der Waals surface area contributed by atoms with E-state index in [-0.39, 0.29) is 0 Å². The molecule has 10 heterocycles. The SMILES string of the molecule is CC(=O)N[C@H]1[C@H](O[C@H]2[C@H](O)[C@@H](NC(C)=O)C(O)O[C@@H]2CO)O[C@H](CO)[C@@H](O[C@@H]2O[C@H](CO[C@H]3O[C@H](CO)[C@@H](O)[C@H](O)[C@@H]3O[C@@H]3O[C@H](CO)[C@@H](O)[C@H](O)[C@H]3NC(C)=O)[C@@H](O)[C@H](O[C@H]3O[C@H](CO)[C@@H](O[C@@H]4O[C@H](CO)[C@@H](O)[C@H](O)[C@H]4NC(C)=O)[C@H](O)[C@@H]3O[C@@H]3O[C@H](CO)[C@@H](O[C@@H]4O[C@H](CO[C@]5(C(=O)O)C[C@H](O)[C@@H](NC(C)=O)[C@H]([C@H](O)[C@H](O)CO)O5)[C@H](O)[C@H](O)[C@H]4O)[C@H](O)[C@H]3NC(C)=O)[C@@H]2O)[C@@H]1O. The molecule has 6 amide bonds. The number of rotatable bonds is 37. The third-order valence-electron chi connectivity index (χ3n) is 24.3. The highest BCUT2D eigenvalue weighted by Gasteiger charge is 2.64. The lowest BCUT2D eigenvalue weighted by Crippen LogP contribution is -2.71. The van der Waals surface area contributed by atoms with Crippen LogP contribution in [-0.4, -0.2) is 563 Å². The second-order valence-corrected chi connectivity index (χ2v) is 33.9. The van der Waals surface area contributed by atoms with Crippen LogP contribution in [0, 0.1) is 0 Å². The third-order valence-corrected chi connectivity index (χ3v) is 24.3. The minimum absolute atomic E-state index is 0.824. The normalized spacial score (nSPS) is 46.4. The van der Waals surface area contributed by atoms with Gasteiger partial charge in [0.25, 0.3) is 5.79 Å². The standard InChI is InChI=1S/C75H124N6O54/c1-18(90)76-35-24(96)7-75(74(115)116,135-61(35)41(98)25(97)8-82)118-17-34-45(102)52(109)54(111)70(127-34)130-58-30(13-87)124-69(40(51(58)108)81-23(6)95)134-64-55(112)60(129-66-37(78-20(3)92)47(104)42(99)26(9-83)120-66)32(15-89)125-73(64)132-62-46(103)33(16-117-72-63(53(110)44(101)28(11-85)122-72)133-67-38(79-21(4)93)48(105)43(100)27(10-84)121-67)126-71(56(62)113)131-59-31(14-88)123-68(39(50(59)107)80-22(5)94)128-57-29(12-86)119-65(114)36(49(57)106)77-19(2)91/h24-73,82-89,96-114H,7-17H2,1-6H3,(H,76,90)(H,77,91)(H,78,92)(H,79,93)(H,80,94)(H,81,95)(H,115,116)/t24-,25+,26+,27+,28+,29+,30+,31+,32+,33+,34+,35+,36+,37+,38+,39+,40+,41+,42+,43+,44+,45-,46+,47+,48+,49+,50+,51+,52-,53-,54+,55-,56-,57+,58+,59+,60+,61+,62-,63-,64-,65?,66-,67-,68-,69-,70-,71-,72-,73+,75+/m0/s1. The van der Waals surface area contributed by atoms with E-state index in [0.717, 1.165) is 41.5 Å². The summed E-state index contributed by atoms with van der Waals surface area (Å²) in [7, 11) is 0. The minimum Gasteiger partial charge on any atom is -0.477 e. The van der Waals surface area contributed by atoms with Gasteiger partial charge in [-0.05, 0) is 0 Å². The molecule has 10 fully saturated rings. The van der Waals surface area contributed by atoms with Crippen LogP contribution in [0.25, 0.3) is 0 Å². The molecule has 60 heteroatoms. The molecule has 0 bridgehead atoms. The van der Waals surface area contributed by atoms with Crippen molar-refractivity contribution in [3.63, 3.8) is 0 Å². The van der Waals surface area contributed by atoms with E-state index in [2.05, 4.69) is 31.9 Å². The fraction of sp³-hybridized carbons (Fsp3) is 0.907. The van der Waals surface area contributed by atoms with E-state index < -0.39 is 426 Å². The van der Waals surface area contributed by atoms with Crippen molar-refractivity contribution in [2.75, 3.05) is 66.1 Å². The Morgan fingerprint density at radius 3 is 1.03 bits per heavy atom. The molecule has 10 rings (SSSR count). The Labute approximate surface area is 764 Å². The number of hydrogen-bond donors (Lipinski definition) is 34. The van der Waals surface area contributed by atoms with Crippen LogP contribution in [0.2, 0.25) is 0 Å². The molecule has 51 atom stereocenters. The van der Waals surface area contributed by atoms with Gasteiger partial charge in [0, 0.05) is 48.0 Å². The monoisotopic (exact) mass is 1970 g/mol. The lowest BCUT2D eigenvalue weighted by molar-refractivity contribution is -0.405. The number of carboxylic acids is 1. The van der Waals surface area contributed by atoms with E-state index in [1.54, 1.807) is 0 Å². The molecule has 0 aromatic carbocycles. The van der Waals surface area contributed by atoms with Crippen molar-refractivity contribution in [2.45, 2.75) is 360 Å². The maximum atomic E-state index is 13.5. The number of amides is 6. The minimum atomic E-state index is -3.14. The zero-order valence-corrected chi connectivity index (χ0v) is 72.8. The van der Waals surface area contributed by atoms with Gasteiger partial charge in [-0.25, -0.2) is 4.79 Å². The van der Waals surface area contributed by atoms with Crippen molar-refractivity contribution in [3.8, 4) is 0 Å². The highest BCUT2D eigenvalue weighted by molar-refractivity contribution is 5.77. The molecule has 778 valence electrons. The summed E-state index contributed by atoms with van der Waals surface area (Å²) in [5.74, 6) is -10.9. The summed E-state index contributed by atoms with van der Waals surface area (Å²) in [5.41, 5.74) is 0. The topological polar surface area (TPSA) is 933 Å². The van der Waals surface area contributed by atoms with Crippen molar-refractivity contribution in [2.24, 2.45) is 0 Å². The van der Waals surface area contributed by atoms with Crippen molar-refractivity contribution in [3.05, 3.63) is 0 Å². The van der Waals surface area contributed by atoms with Crippen LogP contribution in [0.4, 0.5) is 0 Å². The fourth-order valence-electron chi connectivity index (χ4n) is 17.3. The van der Waals surface area contributed by atoms with Gasteiger partial charge in [-0.2, -0.15) is 0 Å². The fourth-order valence-corrected chi connectivity index (χ4v) is 17.3. The summed E-state index contributed by atoms with van der Waals surface area (Å²) in [6, 6.07) is -11.4. The van der Waals surface area contributed by atoms with Gasteiger partial charge in [-0.15, -0.1) is 0 Å². The predicted molar refractivity (Wildman–Crippen MR) is 416 cm³/mol. The van der Waals surface area contributed by atoms with Crippen molar-refractivity contribution < 1.29 is 267 Å². The first kappa shape index (κ1) is 111. The van der Waals surface area contributed by atoms with Gasteiger partial charge in [0.2, 0.25) is 35.4 Å². The van der Waals surface area contributed by atoms with E-state index in [1.807, 2.05) is 0 Å². The van der Waals surface area contributed by atoms with E-state index in [4.69, 9.17) is 90.0 Å². The Hall–Kier alpha value is -5.55. The number of nitrogens with one attached hydrogen (secondary N) is 6. The van der Waals surface area contributed by atoms with E-state index in [1.165, 1.54) is 0 Å². The first-order chi connectivity index (χ1) is 63.7. The molecule has 1 unspecified atom stereocenters. The van der Waals surface area contributed by atoms with Crippen LogP contribution in [0.3, 0.4) is 0 Å². The average Bonchev–Trinajstić information content (AvgIpc) is 0.770. The van der Waals surface area contributed by atoms with Gasteiger partial charge < -0.3 is 265 Å². The Bertz CT molecular complexity index is 3820. The summed E-state index contributed by atoms with van der Waals surface area (Å²) in [6.45, 7) is -6.50. The average molecular weight is 1970 g/mol. The number of ether oxygens (including phenoxy) is 19. The Balaban J connectivity index is 1.03. The summed E-state index contributed by atoms with van der Waals surface area (Å²) < 4.78 is 114. The Kier molecular flexibility index (Phi) is 40.0. The van der Waals surface area contributed by atoms with Crippen molar-refractivity contribution >= 4 is 41.4 Å². The van der Waals surface area contributed by atoms with Crippen LogP contribution in [0.1, 0.15) is 48.0 Å². The molecule has 10 aliphatic rings. The molecule has 0 saturated carbocycles. The Morgan fingerprint density at radius 2 is 0.615 bits per heavy atom. The molecule has 0 spiro atoms. The first-order valence-corrected chi connectivity index (χ1v) is 42.7. The molecule has 10 saturated heterocycles. The lowest BCUT2D eigenvalue weighted by atomic mass is 9.88. The first-order valence-electron chi connectivity index (χ1n) is 42.7. The molecule has 0 aliphatic carbocycles. The third kappa shape index (κ3) is 25.2. The number of carbonyl (C=O) groups excluding carboxylic acids is 6. The summed E-state index contributed by atoms with van der Waals surface area (Å²) in [5, 5.41) is 330. The van der Waals surface area contributed by atoms with Crippen LogP contribution < -0.4 is 31.9 Å².